The van der Waals surface area contributed by atoms with Crippen LogP contribution in [0.3, 0.4) is 0 Å². The van der Waals surface area contributed by atoms with Crippen LogP contribution in [0.15, 0.2) is 30.0 Å². The molecular formula is C23H30N5O2+. The SMILES string of the molecule is Cc1nc2ccc(C(=O)N3CCC4(CC3)CC(=O)C(=[NH+]C(C)C)C(=CN)C4)cc2[nH]1. The maximum Gasteiger partial charge on any atom is 0.253 e. The quantitative estimate of drug-likeness (QED) is 0.695. The standard InChI is InChI=1S/C23H29N5O2/c1-14(2)25-21-17(13-24)11-23(12-20(21)29)6-8-28(9-7-23)22(30)16-4-5-18-19(10-16)27-15(3)26-18/h4-5,10,13-14H,6-9,11-12,24H2,1-3H3,(H,26,27)/p+1. The van der Waals surface area contributed by atoms with Gasteiger partial charge in [0, 0.05) is 36.8 Å². The number of aromatic amines is 1. The zero-order valence-electron chi connectivity index (χ0n) is 17.9. The number of carbonyl (C=O) groups is 2. The normalized spacial score (nSPS) is 22.0. The van der Waals surface area contributed by atoms with Gasteiger partial charge < -0.3 is 15.6 Å². The lowest BCUT2D eigenvalue weighted by molar-refractivity contribution is -0.492. The van der Waals surface area contributed by atoms with E-state index in [1.165, 1.54) is 0 Å². The number of imidazole rings is 1. The molecule has 30 heavy (non-hydrogen) atoms. The molecule has 1 saturated carbocycles. The minimum atomic E-state index is -0.105. The lowest BCUT2D eigenvalue weighted by Crippen LogP contribution is -2.80. The van der Waals surface area contributed by atoms with E-state index in [2.05, 4.69) is 15.0 Å². The highest BCUT2D eigenvalue weighted by Crippen LogP contribution is 2.44. The third-order valence-corrected chi connectivity index (χ3v) is 6.29. The van der Waals surface area contributed by atoms with Gasteiger partial charge in [0.2, 0.25) is 11.5 Å². The molecule has 7 nitrogen and oxygen atoms in total. The molecule has 1 amide bonds. The number of amides is 1. The molecule has 0 radical (unpaired) electrons. The van der Waals surface area contributed by atoms with Crippen LogP contribution in [-0.4, -0.2) is 51.4 Å². The summed E-state index contributed by atoms with van der Waals surface area (Å²) in [6, 6.07) is 5.78. The van der Waals surface area contributed by atoms with E-state index in [4.69, 9.17) is 5.73 Å². The number of nitrogens with two attached hydrogens (primary N) is 1. The van der Waals surface area contributed by atoms with Gasteiger partial charge in [0.25, 0.3) is 5.91 Å². The van der Waals surface area contributed by atoms with Crippen molar-refractivity contribution in [2.75, 3.05) is 13.1 Å². The van der Waals surface area contributed by atoms with Crippen LogP contribution in [0.25, 0.3) is 11.0 Å². The molecule has 2 aromatic rings. The summed E-state index contributed by atoms with van der Waals surface area (Å²) in [5.74, 6) is 0.999. The number of Topliss-reactive ketones (excluding diaryl/α,β-unsaturated/α-hetero) is 1. The molecule has 1 aliphatic carbocycles. The Bertz CT molecular complexity index is 1050. The number of allylic oxidation sites excluding steroid dienone is 1. The van der Waals surface area contributed by atoms with Gasteiger partial charge in [0.1, 0.15) is 11.9 Å². The molecule has 1 saturated heterocycles. The summed E-state index contributed by atoms with van der Waals surface area (Å²) in [5.41, 5.74) is 9.75. The van der Waals surface area contributed by atoms with Crippen LogP contribution >= 0.6 is 0 Å². The van der Waals surface area contributed by atoms with Crippen LogP contribution in [0.2, 0.25) is 0 Å². The third kappa shape index (κ3) is 3.76. The van der Waals surface area contributed by atoms with Crippen molar-refractivity contribution >= 4 is 28.4 Å². The number of nitrogens with one attached hydrogen (secondary N) is 2. The molecule has 0 unspecified atom stereocenters. The number of ketones is 1. The molecule has 1 aromatic carbocycles. The Hall–Kier alpha value is -2.96. The summed E-state index contributed by atoms with van der Waals surface area (Å²) in [7, 11) is 0. The predicted octanol–water partition coefficient (Wildman–Crippen LogP) is 1.23. The van der Waals surface area contributed by atoms with Crippen molar-refractivity contribution in [2.24, 2.45) is 11.1 Å². The summed E-state index contributed by atoms with van der Waals surface area (Å²) < 4.78 is 0. The monoisotopic (exact) mass is 408 g/mol. The molecule has 1 spiro atoms. The van der Waals surface area contributed by atoms with Crippen molar-refractivity contribution < 1.29 is 14.6 Å². The number of benzene rings is 1. The minimum absolute atomic E-state index is 0.0319. The number of aryl methyl sites for hydroxylation is 1. The van der Waals surface area contributed by atoms with Crippen molar-refractivity contribution in [3.8, 4) is 0 Å². The van der Waals surface area contributed by atoms with Crippen LogP contribution in [0.5, 0.6) is 0 Å². The average molecular weight is 409 g/mol. The second-order valence-corrected chi connectivity index (χ2v) is 8.99. The molecule has 4 N–H and O–H groups in total. The van der Waals surface area contributed by atoms with Gasteiger partial charge in [-0.1, -0.05) is 0 Å². The largest absolute Gasteiger partial charge is 0.404 e. The van der Waals surface area contributed by atoms with E-state index in [1.807, 2.05) is 43.9 Å². The average Bonchev–Trinajstić information content (AvgIpc) is 3.09. The van der Waals surface area contributed by atoms with E-state index in [1.54, 1.807) is 6.20 Å². The van der Waals surface area contributed by atoms with Gasteiger partial charge in [-0.3, -0.25) is 9.59 Å². The van der Waals surface area contributed by atoms with Crippen molar-refractivity contribution in [1.82, 2.24) is 14.9 Å². The number of rotatable bonds is 2. The molecule has 0 bridgehead atoms. The Balaban J connectivity index is 1.47. The van der Waals surface area contributed by atoms with Crippen molar-refractivity contribution in [3.63, 3.8) is 0 Å². The van der Waals surface area contributed by atoms with E-state index in [-0.39, 0.29) is 23.1 Å². The first kappa shape index (κ1) is 20.3. The highest BCUT2D eigenvalue weighted by Gasteiger charge is 2.45. The van der Waals surface area contributed by atoms with Gasteiger partial charge >= 0.3 is 0 Å². The fourth-order valence-electron chi connectivity index (χ4n) is 4.76. The van der Waals surface area contributed by atoms with Crippen molar-refractivity contribution in [2.45, 2.75) is 52.5 Å². The molecule has 2 aliphatic rings. The highest BCUT2D eigenvalue weighted by molar-refractivity contribution is 6.44. The van der Waals surface area contributed by atoms with Crippen LogP contribution in [-0.2, 0) is 4.79 Å². The van der Waals surface area contributed by atoms with E-state index in [0.29, 0.717) is 30.8 Å². The molecule has 0 atom stereocenters. The molecule has 1 aliphatic heterocycles. The number of H-pyrrole nitrogens is 1. The Kier molecular flexibility index (Phi) is 5.22. The summed E-state index contributed by atoms with van der Waals surface area (Å²) in [5, 5.41) is 0. The van der Waals surface area contributed by atoms with E-state index < -0.39 is 0 Å². The third-order valence-electron chi connectivity index (χ3n) is 6.29. The number of hydrogen-bond acceptors (Lipinski definition) is 4. The number of nitrogens with zero attached hydrogens (tertiary/aromatic N) is 2. The van der Waals surface area contributed by atoms with E-state index >= 15 is 0 Å². The maximum absolute atomic E-state index is 13.1. The zero-order chi connectivity index (χ0) is 21.5. The molecule has 7 heteroatoms. The first-order valence-corrected chi connectivity index (χ1v) is 10.6. The summed E-state index contributed by atoms with van der Waals surface area (Å²) in [4.78, 5) is 38.7. The maximum atomic E-state index is 13.1. The number of likely N-dealkylation sites (tertiary alicyclic amines) is 1. The molecule has 2 fully saturated rings. The van der Waals surface area contributed by atoms with Gasteiger partial charge in [0.15, 0.2) is 0 Å². The van der Waals surface area contributed by atoms with Crippen molar-refractivity contribution in [1.29, 1.82) is 0 Å². The lowest BCUT2D eigenvalue weighted by atomic mass is 9.65. The Morgan fingerprint density at radius 1 is 1.30 bits per heavy atom. The molecular weight excluding hydrogens is 378 g/mol. The predicted molar refractivity (Wildman–Crippen MR) is 116 cm³/mol. The summed E-state index contributed by atoms with van der Waals surface area (Å²) in [6.07, 6.45) is 4.49. The van der Waals surface area contributed by atoms with Gasteiger partial charge in [-0.15, -0.1) is 0 Å². The van der Waals surface area contributed by atoms with Crippen LogP contribution in [0.4, 0.5) is 0 Å². The number of piperidine rings is 1. The first-order valence-electron chi connectivity index (χ1n) is 10.6. The summed E-state index contributed by atoms with van der Waals surface area (Å²) >= 11 is 0. The fraction of sp³-hybridized carbons (Fsp3) is 0.478. The Morgan fingerprint density at radius 3 is 2.70 bits per heavy atom. The van der Waals surface area contributed by atoms with E-state index in [0.717, 1.165) is 41.7 Å². The second kappa shape index (κ2) is 7.70. The first-order chi connectivity index (χ1) is 14.3. The van der Waals surface area contributed by atoms with Crippen LogP contribution in [0, 0.1) is 12.3 Å². The molecule has 2 heterocycles. The second-order valence-electron chi connectivity index (χ2n) is 8.99. The van der Waals surface area contributed by atoms with Gasteiger partial charge in [-0.2, -0.15) is 0 Å². The number of carbonyl (C=O) groups excluding carboxylic acids is 2. The van der Waals surface area contributed by atoms with Gasteiger partial charge in [-0.05, 0) is 63.6 Å². The molecule has 4 rings (SSSR count). The summed E-state index contributed by atoms with van der Waals surface area (Å²) in [6.45, 7) is 7.24. The van der Waals surface area contributed by atoms with Gasteiger partial charge in [0.05, 0.1) is 11.0 Å². The van der Waals surface area contributed by atoms with Gasteiger partial charge in [-0.25, -0.2) is 9.98 Å². The molecule has 1 aromatic heterocycles. The Morgan fingerprint density at radius 2 is 2.03 bits per heavy atom. The number of hydrogen-bond donors (Lipinski definition) is 3. The minimum Gasteiger partial charge on any atom is -0.404 e. The lowest BCUT2D eigenvalue weighted by Gasteiger charge is -2.43. The number of aromatic nitrogens is 2. The molecule has 158 valence electrons. The van der Waals surface area contributed by atoms with Crippen LogP contribution < -0.4 is 10.7 Å². The van der Waals surface area contributed by atoms with Crippen molar-refractivity contribution in [3.05, 3.63) is 41.4 Å². The van der Waals surface area contributed by atoms with Crippen LogP contribution in [0.1, 0.15) is 55.7 Å². The number of fused-ring (bicyclic) bond motifs is 1. The smallest absolute Gasteiger partial charge is 0.253 e. The highest BCUT2D eigenvalue weighted by atomic mass is 16.2. The van der Waals surface area contributed by atoms with E-state index in [9.17, 15) is 9.59 Å². The fourth-order valence-corrected chi connectivity index (χ4v) is 4.76. The zero-order valence-corrected chi connectivity index (χ0v) is 17.9. The topological polar surface area (TPSA) is 106 Å². The Labute approximate surface area is 176 Å².